The van der Waals surface area contributed by atoms with E-state index in [1.165, 1.54) is 11.3 Å². The van der Waals surface area contributed by atoms with Gasteiger partial charge in [0.1, 0.15) is 6.10 Å². The number of hydrogen-bond acceptors (Lipinski definition) is 7. The number of hydrogen-bond donors (Lipinski definition) is 3. The van der Waals surface area contributed by atoms with Crippen LogP contribution in [0.4, 0.5) is 9.93 Å². The molecule has 11 heteroatoms. The number of aliphatic hydroxyl groups excluding tert-OH is 1. The van der Waals surface area contributed by atoms with Crippen molar-refractivity contribution in [2.45, 2.75) is 49.6 Å². The molecule has 1 aliphatic carbocycles. The van der Waals surface area contributed by atoms with E-state index in [2.05, 4.69) is 15.6 Å². The van der Waals surface area contributed by atoms with E-state index < -0.39 is 35.4 Å². The zero-order chi connectivity index (χ0) is 22.5. The number of anilines is 1. The van der Waals surface area contributed by atoms with Gasteiger partial charge in [-0.05, 0) is 50.3 Å². The first-order valence-corrected chi connectivity index (χ1v) is 12.5. The van der Waals surface area contributed by atoms with Crippen LogP contribution in [0.25, 0.3) is 10.4 Å². The number of benzene rings is 1. The number of ether oxygens (including phenoxy) is 1. The highest BCUT2D eigenvalue weighted by Crippen LogP contribution is 2.35. The molecule has 1 aromatic heterocycles. The lowest BCUT2D eigenvalue weighted by Gasteiger charge is -2.18. The molecule has 1 aliphatic rings. The molecule has 1 heterocycles. The second-order valence-corrected chi connectivity index (χ2v) is 9.96. The molecule has 0 bridgehead atoms. The molecule has 1 saturated carbocycles. The summed E-state index contributed by atoms with van der Waals surface area (Å²) in [6, 6.07) is 3.38. The molecule has 3 N–H and O–H groups in total. The second kappa shape index (κ2) is 10.5. The molecule has 0 spiro atoms. The summed E-state index contributed by atoms with van der Waals surface area (Å²) in [5, 5.41) is 15.2. The van der Waals surface area contributed by atoms with Crippen LogP contribution >= 0.6 is 22.9 Å². The highest BCUT2D eigenvalue weighted by molar-refractivity contribution is 7.84. The molecule has 3 rings (SSSR count). The molecule has 0 saturated heterocycles. The highest BCUT2D eigenvalue weighted by atomic mass is 35.5. The largest absolute Gasteiger partial charge is 0.461 e. The van der Waals surface area contributed by atoms with Crippen molar-refractivity contribution in [3.63, 3.8) is 0 Å². The summed E-state index contributed by atoms with van der Waals surface area (Å²) in [6.45, 7) is 1.23. The number of esters is 1. The minimum Gasteiger partial charge on any atom is -0.461 e. The number of nitrogens with zero attached hydrogens (tertiary/aromatic N) is 1. The maximum Gasteiger partial charge on any atom is 0.331 e. The van der Waals surface area contributed by atoms with Crippen LogP contribution in [-0.2, 0) is 20.3 Å². The molecule has 168 valence electrons. The van der Waals surface area contributed by atoms with Crippen LogP contribution < -0.4 is 10.6 Å². The molecule has 2 unspecified atom stereocenters. The van der Waals surface area contributed by atoms with Gasteiger partial charge in [0.2, 0.25) is 0 Å². The minimum atomic E-state index is -1.24. The standard InChI is InChI=1S/C20H24ClN3O5S2/c1-11-17(12-7-8-14(21)16(9-12)31(2)28)30-20(22-11)24-19(27)23-15(10-25)18(26)29-13-5-3-4-6-13/h7-9,13,15,25H,3-6,10H2,1-2H3,(H2,22,23,24,27). The average molecular weight is 486 g/mol. The number of nitrogens with one attached hydrogen (secondary N) is 2. The number of aliphatic hydroxyl groups is 1. The lowest BCUT2D eigenvalue weighted by molar-refractivity contribution is -0.152. The van der Waals surface area contributed by atoms with Crippen LogP contribution in [0.2, 0.25) is 5.02 Å². The normalized spacial score (nSPS) is 16.0. The number of carbonyl (C=O) groups is 2. The number of amides is 2. The van der Waals surface area contributed by atoms with Crippen molar-refractivity contribution < 1.29 is 23.6 Å². The van der Waals surface area contributed by atoms with E-state index in [0.29, 0.717) is 20.7 Å². The predicted octanol–water partition coefficient (Wildman–Crippen LogP) is 3.48. The lowest BCUT2D eigenvalue weighted by Crippen LogP contribution is -2.46. The fourth-order valence-electron chi connectivity index (χ4n) is 3.31. The number of urea groups is 1. The van der Waals surface area contributed by atoms with Crippen molar-refractivity contribution in [1.82, 2.24) is 10.3 Å². The summed E-state index contributed by atoms with van der Waals surface area (Å²) in [5.41, 5.74) is 1.46. The molecule has 2 aromatic rings. The Morgan fingerprint density at radius 2 is 2.10 bits per heavy atom. The molecule has 1 aromatic carbocycles. The van der Waals surface area contributed by atoms with Crippen LogP contribution in [0, 0.1) is 6.92 Å². The molecule has 2 amide bonds. The SMILES string of the molecule is Cc1nc(NC(=O)NC(CO)C(=O)OC2CCCC2)sc1-c1ccc(Cl)c(S(C)=O)c1. The first-order valence-electron chi connectivity index (χ1n) is 9.78. The summed E-state index contributed by atoms with van der Waals surface area (Å²) < 4.78 is 17.2. The fourth-order valence-corrected chi connectivity index (χ4v) is 5.34. The fraction of sp³-hybridized carbons (Fsp3) is 0.450. The van der Waals surface area contributed by atoms with Gasteiger partial charge in [-0.1, -0.05) is 29.0 Å². The zero-order valence-corrected chi connectivity index (χ0v) is 19.5. The summed E-state index contributed by atoms with van der Waals surface area (Å²) in [4.78, 5) is 30.2. The Bertz CT molecular complexity index is 991. The number of aromatic nitrogens is 1. The topological polar surface area (TPSA) is 118 Å². The molecule has 31 heavy (non-hydrogen) atoms. The van der Waals surface area contributed by atoms with E-state index in [0.717, 1.165) is 36.1 Å². The smallest absolute Gasteiger partial charge is 0.331 e. The number of rotatable bonds is 7. The molecule has 0 aliphatic heterocycles. The van der Waals surface area contributed by atoms with Crippen molar-refractivity contribution in [3.8, 4) is 10.4 Å². The summed E-state index contributed by atoms with van der Waals surface area (Å²) in [6.07, 6.45) is 5.01. The number of aryl methyl sites for hydroxylation is 1. The summed E-state index contributed by atoms with van der Waals surface area (Å²) >= 11 is 7.34. The molecular weight excluding hydrogens is 462 g/mol. The lowest BCUT2D eigenvalue weighted by atomic mass is 10.2. The van der Waals surface area contributed by atoms with Gasteiger partial charge in [-0.2, -0.15) is 0 Å². The van der Waals surface area contributed by atoms with Crippen LogP contribution in [0.3, 0.4) is 0 Å². The van der Waals surface area contributed by atoms with Crippen LogP contribution in [0.5, 0.6) is 0 Å². The van der Waals surface area contributed by atoms with Gasteiger partial charge in [-0.3, -0.25) is 9.53 Å². The molecule has 2 atom stereocenters. The van der Waals surface area contributed by atoms with Crippen molar-refractivity contribution in [3.05, 3.63) is 28.9 Å². The van der Waals surface area contributed by atoms with Gasteiger partial charge in [0.25, 0.3) is 0 Å². The van der Waals surface area contributed by atoms with E-state index in [4.69, 9.17) is 16.3 Å². The minimum absolute atomic E-state index is 0.155. The Hall–Kier alpha value is -2.01. The summed E-state index contributed by atoms with van der Waals surface area (Å²) in [5.74, 6) is -0.651. The van der Waals surface area contributed by atoms with E-state index in [1.807, 2.05) is 0 Å². The first kappa shape index (κ1) is 23.6. The third kappa shape index (κ3) is 6.03. The average Bonchev–Trinajstić information content (AvgIpc) is 3.35. The van der Waals surface area contributed by atoms with E-state index in [9.17, 15) is 18.9 Å². The van der Waals surface area contributed by atoms with Crippen LogP contribution in [-0.4, -0.2) is 51.3 Å². The van der Waals surface area contributed by atoms with Gasteiger partial charge >= 0.3 is 12.0 Å². The van der Waals surface area contributed by atoms with Crippen molar-refractivity contribution >= 4 is 50.9 Å². The Morgan fingerprint density at radius 3 is 2.74 bits per heavy atom. The molecular formula is C20H24ClN3O5S2. The molecule has 0 radical (unpaired) electrons. The van der Waals surface area contributed by atoms with E-state index in [1.54, 1.807) is 31.4 Å². The van der Waals surface area contributed by atoms with E-state index >= 15 is 0 Å². The third-order valence-electron chi connectivity index (χ3n) is 4.88. The monoisotopic (exact) mass is 485 g/mol. The highest BCUT2D eigenvalue weighted by Gasteiger charge is 2.26. The first-order chi connectivity index (χ1) is 14.8. The predicted molar refractivity (Wildman–Crippen MR) is 121 cm³/mol. The maximum absolute atomic E-state index is 12.3. The zero-order valence-electron chi connectivity index (χ0n) is 17.1. The maximum atomic E-state index is 12.3. The van der Waals surface area contributed by atoms with Gasteiger partial charge in [-0.25, -0.2) is 14.6 Å². The Labute approximate surface area is 191 Å². The van der Waals surface area contributed by atoms with Crippen molar-refractivity contribution in [1.29, 1.82) is 0 Å². The van der Waals surface area contributed by atoms with E-state index in [-0.39, 0.29) is 6.10 Å². The Kier molecular flexibility index (Phi) is 8.04. The third-order valence-corrected chi connectivity index (χ3v) is 7.40. The van der Waals surface area contributed by atoms with Crippen LogP contribution in [0.1, 0.15) is 31.4 Å². The van der Waals surface area contributed by atoms with Gasteiger partial charge < -0.3 is 15.2 Å². The second-order valence-electron chi connectivity index (χ2n) is 7.21. The van der Waals surface area contributed by atoms with Gasteiger partial charge in [0.05, 0.1) is 37.9 Å². The molecule has 8 nitrogen and oxygen atoms in total. The Balaban J connectivity index is 1.66. The van der Waals surface area contributed by atoms with Crippen LogP contribution in [0.15, 0.2) is 23.1 Å². The van der Waals surface area contributed by atoms with Gasteiger partial charge in [0, 0.05) is 6.26 Å². The van der Waals surface area contributed by atoms with Crippen molar-refractivity contribution in [2.75, 3.05) is 18.2 Å². The number of halogens is 1. The number of carbonyl (C=O) groups excluding carboxylic acids is 2. The summed E-state index contributed by atoms with van der Waals surface area (Å²) in [7, 11) is -1.24. The molecule has 1 fully saturated rings. The van der Waals surface area contributed by atoms with Gasteiger partial charge in [-0.15, -0.1) is 0 Å². The Morgan fingerprint density at radius 1 is 1.39 bits per heavy atom. The van der Waals surface area contributed by atoms with Crippen molar-refractivity contribution in [2.24, 2.45) is 0 Å². The quantitative estimate of drug-likeness (QED) is 0.517. The number of thiazole rings is 1. The van der Waals surface area contributed by atoms with Gasteiger partial charge in [0.15, 0.2) is 11.2 Å².